The summed E-state index contributed by atoms with van der Waals surface area (Å²) in [5.74, 6) is 0.132. The van der Waals surface area contributed by atoms with Gasteiger partial charge in [0.05, 0.1) is 6.10 Å². The van der Waals surface area contributed by atoms with Crippen molar-refractivity contribution in [2.24, 2.45) is 5.92 Å². The second-order valence-corrected chi connectivity index (χ2v) is 11.3. The van der Waals surface area contributed by atoms with E-state index in [9.17, 15) is 13.0 Å². The standard InChI is InChI=1S/C28H49NO5S/c1-4-6-8-9-10-11-12-15-21-33-28(24(3)16-7-5-2)27(34-35(30,31)32)23-29-20-19-25-17-13-14-18-26(25)22-29/h13-14,17-18,24,27-28H,4-12,15-16,19-23H2,1-3H3,(H,30,31,32). The van der Waals surface area contributed by atoms with E-state index in [1.54, 1.807) is 0 Å². The van der Waals surface area contributed by atoms with E-state index in [0.717, 1.165) is 51.6 Å². The number of nitrogens with zero attached hydrogens (tertiary/aromatic N) is 1. The van der Waals surface area contributed by atoms with E-state index in [2.05, 4.69) is 43.9 Å². The van der Waals surface area contributed by atoms with E-state index in [-0.39, 0.29) is 12.0 Å². The van der Waals surface area contributed by atoms with Crippen LogP contribution in [0.3, 0.4) is 0 Å². The van der Waals surface area contributed by atoms with Crippen LogP contribution >= 0.6 is 0 Å². The molecule has 6 nitrogen and oxygen atoms in total. The average molecular weight is 512 g/mol. The van der Waals surface area contributed by atoms with Crippen LogP contribution in [0.1, 0.15) is 103 Å². The van der Waals surface area contributed by atoms with Gasteiger partial charge in [-0.3, -0.25) is 9.45 Å². The monoisotopic (exact) mass is 511 g/mol. The van der Waals surface area contributed by atoms with Crippen LogP contribution in [0.15, 0.2) is 24.3 Å². The Morgan fingerprint density at radius 3 is 2.23 bits per heavy atom. The van der Waals surface area contributed by atoms with Gasteiger partial charge in [-0.05, 0) is 36.3 Å². The Morgan fingerprint density at radius 2 is 1.57 bits per heavy atom. The summed E-state index contributed by atoms with van der Waals surface area (Å²) in [6.07, 6.45) is 12.6. The Hall–Kier alpha value is -0.990. The van der Waals surface area contributed by atoms with Gasteiger partial charge < -0.3 is 4.74 Å². The van der Waals surface area contributed by atoms with Gasteiger partial charge in [0.25, 0.3) is 0 Å². The molecule has 1 aliphatic heterocycles. The summed E-state index contributed by atoms with van der Waals surface area (Å²) in [6, 6.07) is 8.38. The molecule has 1 heterocycles. The first-order valence-corrected chi connectivity index (χ1v) is 15.3. The number of fused-ring (bicyclic) bond motifs is 1. The van der Waals surface area contributed by atoms with E-state index in [1.807, 2.05) is 6.07 Å². The van der Waals surface area contributed by atoms with Crippen molar-refractivity contribution >= 4 is 10.4 Å². The Labute approximate surface area is 214 Å². The minimum atomic E-state index is -4.59. The van der Waals surface area contributed by atoms with Gasteiger partial charge in [0.15, 0.2) is 0 Å². The maximum atomic E-state index is 11.8. The van der Waals surface area contributed by atoms with Gasteiger partial charge >= 0.3 is 10.4 Å². The number of rotatable bonds is 19. The molecule has 2 rings (SSSR count). The number of benzene rings is 1. The maximum Gasteiger partial charge on any atom is 0.397 e. The SMILES string of the molecule is CCCCCCCCCCOC(C(C)CCCC)C(CN1CCc2ccccc2C1)OS(=O)(=O)O. The molecule has 1 aromatic carbocycles. The van der Waals surface area contributed by atoms with Gasteiger partial charge in [0.2, 0.25) is 0 Å². The van der Waals surface area contributed by atoms with Crippen LogP contribution in [0.2, 0.25) is 0 Å². The lowest BCUT2D eigenvalue weighted by Crippen LogP contribution is -2.47. The summed E-state index contributed by atoms with van der Waals surface area (Å²) in [5.41, 5.74) is 2.61. The molecule has 35 heavy (non-hydrogen) atoms. The molecular formula is C28H49NO5S. The number of hydrogen-bond acceptors (Lipinski definition) is 5. The maximum absolute atomic E-state index is 11.8. The van der Waals surface area contributed by atoms with Crippen molar-refractivity contribution in [3.05, 3.63) is 35.4 Å². The van der Waals surface area contributed by atoms with Crippen molar-refractivity contribution in [2.45, 2.75) is 117 Å². The van der Waals surface area contributed by atoms with E-state index in [1.165, 1.54) is 49.7 Å². The van der Waals surface area contributed by atoms with E-state index < -0.39 is 16.5 Å². The summed E-state index contributed by atoms with van der Waals surface area (Å²) in [5, 5.41) is 0. The summed E-state index contributed by atoms with van der Waals surface area (Å²) in [6.45, 7) is 9.07. The molecule has 1 aliphatic rings. The van der Waals surface area contributed by atoms with Crippen LogP contribution in [-0.4, -0.2) is 49.8 Å². The highest BCUT2D eigenvalue weighted by atomic mass is 32.3. The molecule has 3 atom stereocenters. The van der Waals surface area contributed by atoms with Gasteiger partial charge in [-0.15, -0.1) is 0 Å². The number of hydrogen-bond donors (Lipinski definition) is 1. The summed E-state index contributed by atoms with van der Waals surface area (Å²) in [4.78, 5) is 2.22. The Kier molecular flexibility index (Phi) is 14.4. The lowest BCUT2D eigenvalue weighted by atomic mass is 9.93. The lowest BCUT2D eigenvalue weighted by Gasteiger charge is -2.36. The minimum Gasteiger partial charge on any atom is -0.375 e. The molecule has 0 saturated carbocycles. The molecule has 0 saturated heterocycles. The minimum absolute atomic E-state index is 0.132. The van der Waals surface area contributed by atoms with Crippen molar-refractivity contribution in [2.75, 3.05) is 19.7 Å². The van der Waals surface area contributed by atoms with Gasteiger partial charge in [-0.2, -0.15) is 8.42 Å². The molecular weight excluding hydrogens is 462 g/mol. The molecule has 0 amide bonds. The highest BCUT2D eigenvalue weighted by molar-refractivity contribution is 7.80. The molecule has 202 valence electrons. The zero-order valence-electron chi connectivity index (χ0n) is 22.3. The summed E-state index contributed by atoms with van der Waals surface area (Å²) < 4.78 is 44.8. The normalized spacial score (nSPS) is 17.1. The highest BCUT2D eigenvalue weighted by Gasteiger charge is 2.34. The largest absolute Gasteiger partial charge is 0.397 e. The van der Waals surface area contributed by atoms with Crippen LogP contribution in [0, 0.1) is 5.92 Å². The highest BCUT2D eigenvalue weighted by Crippen LogP contribution is 2.25. The zero-order chi connectivity index (χ0) is 25.5. The lowest BCUT2D eigenvalue weighted by molar-refractivity contribution is -0.0693. The van der Waals surface area contributed by atoms with Crippen LogP contribution in [-0.2, 0) is 32.3 Å². The van der Waals surface area contributed by atoms with E-state index in [4.69, 9.17) is 8.92 Å². The second kappa shape index (κ2) is 16.7. The molecule has 1 N–H and O–H groups in total. The first-order chi connectivity index (χ1) is 16.8. The smallest absolute Gasteiger partial charge is 0.375 e. The molecule has 7 heteroatoms. The molecule has 0 spiro atoms. The third kappa shape index (κ3) is 12.2. The molecule has 3 unspecified atom stereocenters. The molecule has 0 aromatic heterocycles. The van der Waals surface area contributed by atoms with Gasteiger partial charge in [-0.25, -0.2) is 4.18 Å². The zero-order valence-corrected chi connectivity index (χ0v) is 23.1. The van der Waals surface area contributed by atoms with Crippen molar-refractivity contribution < 1.29 is 21.9 Å². The van der Waals surface area contributed by atoms with Gasteiger partial charge in [0, 0.05) is 26.2 Å². The first kappa shape index (κ1) is 30.2. The summed E-state index contributed by atoms with van der Waals surface area (Å²) >= 11 is 0. The molecule has 0 radical (unpaired) electrons. The van der Waals surface area contributed by atoms with Crippen molar-refractivity contribution in [1.29, 1.82) is 0 Å². The predicted molar refractivity (Wildman–Crippen MR) is 143 cm³/mol. The fourth-order valence-electron chi connectivity index (χ4n) is 5.09. The Balaban J connectivity index is 1.99. The van der Waals surface area contributed by atoms with Crippen molar-refractivity contribution in [3.8, 4) is 0 Å². The fourth-order valence-corrected chi connectivity index (χ4v) is 5.58. The average Bonchev–Trinajstić information content (AvgIpc) is 2.82. The van der Waals surface area contributed by atoms with Crippen LogP contribution < -0.4 is 0 Å². The third-order valence-corrected chi connectivity index (χ3v) is 7.63. The van der Waals surface area contributed by atoms with Crippen molar-refractivity contribution in [1.82, 2.24) is 4.90 Å². The summed E-state index contributed by atoms with van der Waals surface area (Å²) in [7, 11) is -4.59. The quantitative estimate of drug-likeness (QED) is 0.167. The molecule has 0 fully saturated rings. The molecule has 0 aliphatic carbocycles. The van der Waals surface area contributed by atoms with Crippen LogP contribution in [0.4, 0.5) is 0 Å². The third-order valence-electron chi connectivity index (χ3n) is 7.14. The number of ether oxygens (including phenoxy) is 1. The van der Waals surface area contributed by atoms with Crippen molar-refractivity contribution in [3.63, 3.8) is 0 Å². The topological polar surface area (TPSA) is 76.1 Å². The molecule has 1 aromatic rings. The van der Waals surface area contributed by atoms with E-state index in [0.29, 0.717) is 13.2 Å². The van der Waals surface area contributed by atoms with Crippen LogP contribution in [0.5, 0.6) is 0 Å². The van der Waals surface area contributed by atoms with Crippen LogP contribution in [0.25, 0.3) is 0 Å². The predicted octanol–water partition coefficient (Wildman–Crippen LogP) is 6.58. The van der Waals surface area contributed by atoms with Gasteiger partial charge in [-0.1, -0.05) is 103 Å². The van der Waals surface area contributed by atoms with Gasteiger partial charge in [0.1, 0.15) is 6.10 Å². The fraction of sp³-hybridized carbons (Fsp3) is 0.786. The Bertz CT molecular complexity index is 800. The Morgan fingerprint density at radius 1 is 0.943 bits per heavy atom. The van der Waals surface area contributed by atoms with E-state index >= 15 is 0 Å². The second-order valence-electron chi connectivity index (χ2n) is 10.2. The first-order valence-electron chi connectivity index (χ1n) is 13.9. The molecule has 0 bridgehead atoms. The number of unbranched alkanes of at least 4 members (excludes halogenated alkanes) is 8.